The second-order valence-electron chi connectivity index (χ2n) is 11.3. The Bertz CT molecular complexity index is 716. The van der Waals surface area contributed by atoms with E-state index in [9.17, 15) is 30.3 Å². The van der Waals surface area contributed by atoms with E-state index in [4.69, 9.17) is 4.74 Å². The molecule has 10 atom stereocenters. The molecule has 7 nitrogen and oxygen atoms in total. The van der Waals surface area contributed by atoms with Crippen LogP contribution >= 0.6 is 0 Å². The van der Waals surface area contributed by atoms with E-state index in [2.05, 4.69) is 0 Å². The SMILES string of the molecule is CC(=O)OC1CC23CC(C)(O)C(CCC2C(C)(O)C2CC(O)C(C)(C)C12O)C3O. The summed E-state index contributed by atoms with van der Waals surface area (Å²) in [4.78, 5) is 12.0. The Morgan fingerprint density at radius 2 is 1.62 bits per heavy atom. The first kappa shape index (κ1) is 21.5. The Kier molecular flexibility index (Phi) is 4.41. The Morgan fingerprint density at radius 1 is 1.00 bits per heavy atom. The summed E-state index contributed by atoms with van der Waals surface area (Å²) < 4.78 is 5.67. The molecular formula is C22H36O7. The second kappa shape index (κ2) is 5.94. The number of aliphatic hydroxyl groups excluding tert-OH is 2. The molecule has 0 aromatic rings. The van der Waals surface area contributed by atoms with Gasteiger partial charge < -0.3 is 30.3 Å². The van der Waals surface area contributed by atoms with Gasteiger partial charge in [-0.15, -0.1) is 0 Å². The zero-order valence-corrected chi connectivity index (χ0v) is 18.1. The monoisotopic (exact) mass is 412 g/mol. The first-order valence-electron chi connectivity index (χ1n) is 10.8. The Morgan fingerprint density at radius 3 is 2.21 bits per heavy atom. The molecule has 4 rings (SSSR count). The summed E-state index contributed by atoms with van der Waals surface area (Å²) >= 11 is 0. The van der Waals surface area contributed by atoms with Crippen LogP contribution in [0.4, 0.5) is 0 Å². The molecule has 2 bridgehead atoms. The molecule has 0 aromatic carbocycles. The van der Waals surface area contributed by atoms with Crippen molar-refractivity contribution in [1.29, 1.82) is 0 Å². The zero-order chi connectivity index (χ0) is 21.8. The molecule has 29 heavy (non-hydrogen) atoms. The first-order valence-corrected chi connectivity index (χ1v) is 10.8. The molecule has 4 fully saturated rings. The lowest BCUT2D eigenvalue weighted by atomic mass is 9.57. The number of esters is 1. The fourth-order valence-corrected chi connectivity index (χ4v) is 8.10. The minimum atomic E-state index is -1.67. The predicted molar refractivity (Wildman–Crippen MR) is 104 cm³/mol. The second-order valence-corrected chi connectivity index (χ2v) is 11.3. The van der Waals surface area contributed by atoms with Gasteiger partial charge in [0.2, 0.25) is 0 Å². The van der Waals surface area contributed by atoms with E-state index in [0.717, 1.165) is 0 Å². The maximum Gasteiger partial charge on any atom is 0.303 e. The number of hydrogen-bond donors (Lipinski definition) is 5. The number of fused-ring (bicyclic) bond motifs is 2. The summed E-state index contributed by atoms with van der Waals surface area (Å²) in [5.74, 6) is -2.00. The minimum Gasteiger partial charge on any atom is -0.459 e. The molecule has 1 spiro atoms. The molecule has 10 unspecified atom stereocenters. The predicted octanol–water partition coefficient (Wildman–Crippen LogP) is 0.739. The van der Waals surface area contributed by atoms with Gasteiger partial charge >= 0.3 is 5.97 Å². The van der Waals surface area contributed by atoms with Gasteiger partial charge in [0.25, 0.3) is 0 Å². The number of carbonyl (C=O) groups is 1. The van der Waals surface area contributed by atoms with E-state index in [1.165, 1.54) is 6.92 Å². The molecule has 4 saturated carbocycles. The van der Waals surface area contributed by atoms with Crippen LogP contribution in [0.1, 0.15) is 66.7 Å². The largest absolute Gasteiger partial charge is 0.459 e. The van der Waals surface area contributed by atoms with Gasteiger partial charge in [-0.2, -0.15) is 0 Å². The van der Waals surface area contributed by atoms with Crippen LogP contribution in [0.2, 0.25) is 0 Å². The number of hydrogen-bond acceptors (Lipinski definition) is 7. The van der Waals surface area contributed by atoms with Gasteiger partial charge in [0.1, 0.15) is 11.7 Å². The van der Waals surface area contributed by atoms with Crippen LogP contribution < -0.4 is 0 Å². The van der Waals surface area contributed by atoms with E-state index < -0.39 is 63.8 Å². The van der Waals surface area contributed by atoms with E-state index in [0.29, 0.717) is 12.8 Å². The number of rotatable bonds is 1. The van der Waals surface area contributed by atoms with Crippen molar-refractivity contribution in [1.82, 2.24) is 0 Å². The minimum absolute atomic E-state index is 0.143. The molecule has 0 radical (unpaired) electrons. The lowest BCUT2D eigenvalue weighted by Crippen LogP contribution is -2.61. The zero-order valence-electron chi connectivity index (χ0n) is 18.1. The van der Waals surface area contributed by atoms with Crippen LogP contribution in [-0.4, -0.2) is 66.6 Å². The van der Waals surface area contributed by atoms with Gasteiger partial charge in [-0.1, -0.05) is 13.8 Å². The van der Waals surface area contributed by atoms with Crippen LogP contribution in [0, 0.1) is 28.6 Å². The third-order valence-electron chi connectivity index (χ3n) is 9.55. The van der Waals surface area contributed by atoms with Crippen LogP contribution in [-0.2, 0) is 9.53 Å². The van der Waals surface area contributed by atoms with E-state index in [-0.39, 0.29) is 25.2 Å². The molecule has 4 aliphatic carbocycles. The summed E-state index contributed by atoms with van der Waals surface area (Å²) in [6.07, 6.45) is -0.972. The van der Waals surface area contributed by atoms with Gasteiger partial charge in [0.15, 0.2) is 0 Å². The maximum atomic E-state index is 12.1. The van der Waals surface area contributed by atoms with Crippen molar-refractivity contribution in [3.63, 3.8) is 0 Å². The van der Waals surface area contributed by atoms with Crippen LogP contribution in [0.25, 0.3) is 0 Å². The number of carbonyl (C=O) groups excluding carboxylic acids is 1. The number of ether oxygens (including phenoxy) is 1. The number of aliphatic hydroxyl groups is 5. The molecule has 166 valence electrons. The third-order valence-corrected chi connectivity index (χ3v) is 9.55. The Balaban J connectivity index is 1.93. The Labute approximate surface area is 172 Å². The van der Waals surface area contributed by atoms with Crippen molar-refractivity contribution in [2.75, 3.05) is 0 Å². The average Bonchev–Trinajstić information content (AvgIpc) is 2.78. The summed E-state index contributed by atoms with van der Waals surface area (Å²) in [6, 6.07) is 0. The quantitative estimate of drug-likeness (QED) is 0.402. The normalized spacial score (nSPS) is 58.3. The standard InChI is InChI=1S/C22H36O7/c1-11(23)29-16-9-21-10-19(4,26)12(17(21)25)6-7-13(21)20(5,27)14-8-15(24)18(2,3)22(14,16)28/h12-17,24-28H,6-10H2,1-5H3. The van der Waals surface area contributed by atoms with Crippen molar-refractivity contribution < 1.29 is 35.1 Å². The lowest BCUT2D eigenvalue weighted by Gasteiger charge is -2.51. The van der Waals surface area contributed by atoms with Crippen molar-refractivity contribution in [3.8, 4) is 0 Å². The highest BCUT2D eigenvalue weighted by atomic mass is 16.6. The van der Waals surface area contributed by atoms with Crippen molar-refractivity contribution in [2.45, 2.75) is 102 Å². The molecule has 7 heteroatoms. The fourth-order valence-electron chi connectivity index (χ4n) is 8.10. The van der Waals surface area contributed by atoms with Gasteiger partial charge in [-0.25, -0.2) is 0 Å². The van der Waals surface area contributed by atoms with Gasteiger partial charge in [0, 0.05) is 29.6 Å². The molecular weight excluding hydrogens is 376 g/mol. The maximum absolute atomic E-state index is 12.1. The first-order chi connectivity index (χ1) is 13.1. The summed E-state index contributed by atoms with van der Waals surface area (Å²) in [5.41, 5.74) is -6.08. The molecule has 0 aromatic heterocycles. The van der Waals surface area contributed by atoms with E-state index in [1.54, 1.807) is 27.7 Å². The molecule has 0 heterocycles. The summed E-state index contributed by atoms with van der Waals surface area (Å²) in [7, 11) is 0. The van der Waals surface area contributed by atoms with E-state index in [1.807, 2.05) is 0 Å². The molecule has 4 aliphatic rings. The molecule has 5 N–H and O–H groups in total. The van der Waals surface area contributed by atoms with E-state index >= 15 is 0 Å². The molecule has 0 saturated heterocycles. The molecule has 0 aliphatic heterocycles. The van der Waals surface area contributed by atoms with Crippen LogP contribution in [0.3, 0.4) is 0 Å². The average molecular weight is 413 g/mol. The van der Waals surface area contributed by atoms with Gasteiger partial charge in [0.05, 0.1) is 23.4 Å². The fraction of sp³-hybridized carbons (Fsp3) is 0.955. The highest BCUT2D eigenvalue weighted by Gasteiger charge is 2.77. The van der Waals surface area contributed by atoms with Crippen molar-refractivity contribution in [3.05, 3.63) is 0 Å². The van der Waals surface area contributed by atoms with Crippen molar-refractivity contribution >= 4 is 5.97 Å². The smallest absolute Gasteiger partial charge is 0.303 e. The van der Waals surface area contributed by atoms with Gasteiger partial charge in [-0.3, -0.25) is 4.79 Å². The van der Waals surface area contributed by atoms with Crippen molar-refractivity contribution in [2.24, 2.45) is 28.6 Å². The summed E-state index contributed by atoms with van der Waals surface area (Å²) in [6.45, 7) is 8.16. The highest BCUT2D eigenvalue weighted by Crippen LogP contribution is 2.70. The van der Waals surface area contributed by atoms with Gasteiger partial charge in [-0.05, 0) is 51.9 Å². The Hall–Kier alpha value is -0.730. The third kappa shape index (κ3) is 2.45. The molecule has 0 amide bonds. The van der Waals surface area contributed by atoms with Crippen LogP contribution in [0.15, 0.2) is 0 Å². The summed E-state index contributed by atoms with van der Waals surface area (Å²) in [5, 5.41) is 57.1. The lowest BCUT2D eigenvalue weighted by molar-refractivity contribution is -0.213. The van der Waals surface area contributed by atoms with Crippen LogP contribution in [0.5, 0.6) is 0 Å². The highest BCUT2D eigenvalue weighted by molar-refractivity contribution is 5.66. The topological polar surface area (TPSA) is 127 Å².